The van der Waals surface area contributed by atoms with Gasteiger partial charge in [-0.15, -0.1) is 0 Å². The third-order valence-electron chi connectivity index (χ3n) is 5.26. The molecule has 29 heavy (non-hydrogen) atoms. The molecule has 146 valence electrons. The zero-order chi connectivity index (χ0) is 19.6. The van der Waals surface area contributed by atoms with Crippen LogP contribution in [0, 0.1) is 0 Å². The van der Waals surface area contributed by atoms with Crippen LogP contribution in [0.2, 0.25) is 0 Å². The Balaban J connectivity index is 1.40. The molecule has 1 aromatic carbocycles. The molecule has 0 radical (unpaired) electrons. The second-order valence-electron chi connectivity index (χ2n) is 7.19. The predicted octanol–water partition coefficient (Wildman–Crippen LogP) is 2.81. The van der Waals surface area contributed by atoms with Gasteiger partial charge >= 0.3 is 0 Å². The topological polar surface area (TPSA) is 86.9 Å². The van der Waals surface area contributed by atoms with Crippen molar-refractivity contribution in [2.75, 3.05) is 26.3 Å². The molecule has 0 unspecified atom stereocenters. The van der Waals surface area contributed by atoms with Crippen molar-refractivity contribution in [3.63, 3.8) is 0 Å². The highest BCUT2D eigenvalue weighted by atomic mass is 16.5. The second-order valence-corrected chi connectivity index (χ2v) is 7.19. The lowest BCUT2D eigenvalue weighted by molar-refractivity contribution is 0.0342. The molecule has 4 heterocycles. The van der Waals surface area contributed by atoms with Gasteiger partial charge in [-0.05, 0) is 23.8 Å². The quantitative estimate of drug-likeness (QED) is 0.562. The molecule has 5 rings (SSSR count). The van der Waals surface area contributed by atoms with E-state index in [-0.39, 0.29) is 5.56 Å². The van der Waals surface area contributed by atoms with Crippen molar-refractivity contribution in [2.24, 2.45) is 0 Å². The van der Waals surface area contributed by atoms with E-state index in [0.29, 0.717) is 11.0 Å². The first kappa shape index (κ1) is 17.8. The van der Waals surface area contributed by atoms with Gasteiger partial charge < -0.3 is 14.7 Å². The number of aromatic nitrogens is 4. The van der Waals surface area contributed by atoms with Crippen molar-refractivity contribution in [3.8, 4) is 22.5 Å². The van der Waals surface area contributed by atoms with Crippen LogP contribution in [-0.4, -0.2) is 51.1 Å². The normalized spacial score (nSPS) is 15.0. The third kappa shape index (κ3) is 3.70. The van der Waals surface area contributed by atoms with E-state index in [9.17, 15) is 4.79 Å². The van der Waals surface area contributed by atoms with Gasteiger partial charge in [0, 0.05) is 42.7 Å². The van der Waals surface area contributed by atoms with E-state index in [4.69, 9.17) is 4.74 Å². The summed E-state index contributed by atoms with van der Waals surface area (Å²) < 4.78 is 5.41. The summed E-state index contributed by atoms with van der Waals surface area (Å²) in [6, 6.07) is 14.3. The summed E-state index contributed by atoms with van der Waals surface area (Å²) >= 11 is 0. The van der Waals surface area contributed by atoms with E-state index >= 15 is 0 Å². The number of pyridine rings is 1. The lowest BCUT2D eigenvalue weighted by Gasteiger charge is -2.26. The number of nitrogens with one attached hydrogen (secondary N) is 2. The summed E-state index contributed by atoms with van der Waals surface area (Å²) in [6.07, 6.45) is 3.19. The third-order valence-corrected chi connectivity index (χ3v) is 5.26. The molecule has 7 nitrogen and oxygen atoms in total. The van der Waals surface area contributed by atoms with Crippen molar-refractivity contribution in [3.05, 3.63) is 70.9 Å². The van der Waals surface area contributed by atoms with E-state index < -0.39 is 0 Å². The molecule has 7 heteroatoms. The van der Waals surface area contributed by atoms with Crippen LogP contribution in [-0.2, 0) is 11.3 Å². The molecule has 0 spiro atoms. The minimum atomic E-state index is -0.150. The lowest BCUT2D eigenvalue weighted by Crippen LogP contribution is -2.35. The van der Waals surface area contributed by atoms with Gasteiger partial charge in [0.1, 0.15) is 5.65 Å². The molecule has 0 atom stereocenters. The Labute approximate surface area is 167 Å². The average molecular weight is 387 g/mol. The monoisotopic (exact) mass is 387 g/mol. The molecular formula is C22H21N5O2. The fourth-order valence-corrected chi connectivity index (χ4v) is 3.66. The second kappa shape index (κ2) is 7.62. The number of rotatable bonds is 4. The minimum Gasteiger partial charge on any atom is -0.379 e. The van der Waals surface area contributed by atoms with Gasteiger partial charge in [-0.1, -0.05) is 24.3 Å². The number of hydrogen-bond donors (Lipinski definition) is 2. The zero-order valence-electron chi connectivity index (χ0n) is 15.9. The van der Waals surface area contributed by atoms with Crippen LogP contribution in [0.25, 0.3) is 33.5 Å². The van der Waals surface area contributed by atoms with E-state index in [2.05, 4.69) is 49.1 Å². The first-order valence-electron chi connectivity index (χ1n) is 9.68. The van der Waals surface area contributed by atoms with Crippen LogP contribution in [0.3, 0.4) is 0 Å². The molecule has 0 aliphatic carbocycles. The number of fused-ring (bicyclic) bond motifs is 1. The Morgan fingerprint density at radius 3 is 2.62 bits per heavy atom. The Bertz CT molecular complexity index is 1190. The number of ether oxygens (including phenoxy) is 1. The Kier molecular flexibility index (Phi) is 4.67. The van der Waals surface area contributed by atoms with Crippen molar-refractivity contribution < 1.29 is 4.74 Å². The standard InChI is InChI=1S/C22H21N5O2/c28-22-18-12-20(26-21(18)24-14-25-22)17-5-6-23-19(11-17)16-3-1-15(2-4-16)13-27-7-9-29-10-8-27/h1-6,11-12,14H,7-10,13H2,(H2,24,25,26,28). The molecule has 3 aromatic heterocycles. The van der Waals surface area contributed by atoms with Crippen LogP contribution in [0.15, 0.2) is 59.8 Å². The van der Waals surface area contributed by atoms with Crippen molar-refractivity contribution in [1.29, 1.82) is 0 Å². The molecule has 1 fully saturated rings. The zero-order valence-corrected chi connectivity index (χ0v) is 15.9. The maximum Gasteiger partial charge on any atom is 0.260 e. The molecule has 1 saturated heterocycles. The van der Waals surface area contributed by atoms with Crippen molar-refractivity contribution >= 4 is 11.0 Å². The maximum atomic E-state index is 11.9. The molecule has 1 aliphatic heterocycles. The smallest absolute Gasteiger partial charge is 0.260 e. The summed E-state index contributed by atoms with van der Waals surface area (Å²) in [7, 11) is 0. The highest BCUT2D eigenvalue weighted by molar-refractivity contribution is 5.82. The van der Waals surface area contributed by atoms with Gasteiger partial charge in [0.25, 0.3) is 5.56 Å². The summed E-state index contributed by atoms with van der Waals surface area (Å²) in [5, 5.41) is 0.549. The van der Waals surface area contributed by atoms with E-state index in [0.717, 1.165) is 55.4 Å². The number of nitrogens with zero attached hydrogens (tertiary/aromatic N) is 3. The summed E-state index contributed by atoms with van der Waals surface area (Å²) in [4.78, 5) is 28.9. The summed E-state index contributed by atoms with van der Waals surface area (Å²) in [5.41, 5.74) is 5.47. The molecule has 0 amide bonds. The predicted molar refractivity (Wildman–Crippen MR) is 111 cm³/mol. The maximum absolute atomic E-state index is 11.9. The number of benzene rings is 1. The number of hydrogen-bond acceptors (Lipinski definition) is 5. The highest BCUT2D eigenvalue weighted by Crippen LogP contribution is 2.26. The van der Waals surface area contributed by atoms with Gasteiger partial charge in [0.2, 0.25) is 0 Å². The number of aromatic amines is 2. The first-order chi connectivity index (χ1) is 14.3. The van der Waals surface area contributed by atoms with Gasteiger partial charge in [-0.2, -0.15) is 0 Å². The van der Waals surface area contributed by atoms with Crippen LogP contribution in [0.4, 0.5) is 0 Å². The molecule has 2 N–H and O–H groups in total. The summed E-state index contributed by atoms with van der Waals surface area (Å²) in [5.74, 6) is 0. The van der Waals surface area contributed by atoms with E-state index in [1.54, 1.807) is 6.20 Å². The lowest BCUT2D eigenvalue weighted by atomic mass is 10.1. The Morgan fingerprint density at radius 1 is 1.00 bits per heavy atom. The SMILES string of the molecule is O=c1[nH]cnc2[nH]c(-c3ccnc(-c4ccc(CN5CCOCC5)cc4)c3)cc12. The highest BCUT2D eigenvalue weighted by Gasteiger charge is 2.11. The van der Waals surface area contributed by atoms with Crippen molar-refractivity contribution in [1.82, 2.24) is 24.8 Å². The minimum absolute atomic E-state index is 0.150. The Hall–Kier alpha value is -3.29. The first-order valence-corrected chi connectivity index (χ1v) is 9.68. The van der Waals surface area contributed by atoms with E-state index in [1.165, 1.54) is 11.9 Å². The van der Waals surface area contributed by atoms with Gasteiger partial charge in [0.05, 0.1) is 30.6 Å². The fourth-order valence-electron chi connectivity index (χ4n) is 3.66. The fraction of sp³-hybridized carbons (Fsp3) is 0.227. The molecule has 0 saturated carbocycles. The molecule has 4 aromatic rings. The van der Waals surface area contributed by atoms with Crippen LogP contribution < -0.4 is 5.56 Å². The molecule has 0 bridgehead atoms. The number of H-pyrrole nitrogens is 2. The van der Waals surface area contributed by atoms with Crippen molar-refractivity contribution in [2.45, 2.75) is 6.54 Å². The van der Waals surface area contributed by atoms with Crippen LogP contribution in [0.1, 0.15) is 5.56 Å². The van der Waals surface area contributed by atoms with Crippen LogP contribution in [0.5, 0.6) is 0 Å². The average Bonchev–Trinajstić information content (AvgIpc) is 3.21. The van der Waals surface area contributed by atoms with Gasteiger partial charge in [-0.3, -0.25) is 14.7 Å². The largest absolute Gasteiger partial charge is 0.379 e. The van der Waals surface area contributed by atoms with Gasteiger partial charge in [-0.25, -0.2) is 4.98 Å². The summed E-state index contributed by atoms with van der Waals surface area (Å²) in [6.45, 7) is 4.52. The van der Waals surface area contributed by atoms with Gasteiger partial charge in [0.15, 0.2) is 0 Å². The molecule has 1 aliphatic rings. The number of morpholine rings is 1. The Morgan fingerprint density at radius 2 is 1.83 bits per heavy atom. The van der Waals surface area contributed by atoms with Crippen LogP contribution >= 0.6 is 0 Å². The van der Waals surface area contributed by atoms with E-state index in [1.807, 2.05) is 18.2 Å². The molecular weight excluding hydrogens is 366 g/mol.